The van der Waals surface area contributed by atoms with Crippen LogP contribution in [-0.2, 0) is 17.9 Å². The van der Waals surface area contributed by atoms with Crippen molar-refractivity contribution in [3.05, 3.63) is 56.0 Å². The molecule has 0 fully saturated rings. The fraction of sp³-hybridized carbons (Fsp3) is 0.481. The topological polar surface area (TPSA) is 65.4 Å². The number of ether oxygens (including phenoxy) is 2. The molecule has 0 bridgehead atoms. The molecule has 3 aromatic rings. The number of hydrogen-bond donors (Lipinski definition) is 1. The Kier molecular flexibility index (Phi) is 11.1. The molecule has 1 N–H and O–H groups in total. The molecule has 0 aliphatic rings. The Morgan fingerprint density at radius 2 is 1.94 bits per heavy atom. The van der Waals surface area contributed by atoms with Gasteiger partial charge >= 0.3 is 0 Å². The molecule has 0 aliphatic heterocycles. The quantitative estimate of drug-likeness (QED) is 0.226. The molecule has 1 atom stereocenters. The van der Waals surface area contributed by atoms with Crippen molar-refractivity contribution in [2.45, 2.75) is 59.6 Å². The second kappa shape index (κ2) is 14.0. The van der Waals surface area contributed by atoms with E-state index >= 15 is 0 Å². The SMILES string of the molecule is CCCCC(CC)CNC(=O)c1cc(-c2csc(COc3cc(Cl)cc(Cl)c3)n2)n(CCOC)c1C. The van der Waals surface area contributed by atoms with E-state index in [0.717, 1.165) is 34.9 Å². The lowest BCUT2D eigenvalue weighted by Crippen LogP contribution is -2.29. The number of nitrogens with one attached hydrogen (secondary N) is 1. The van der Waals surface area contributed by atoms with Gasteiger partial charge in [0.15, 0.2) is 0 Å². The van der Waals surface area contributed by atoms with E-state index in [1.807, 2.05) is 18.4 Å². The maximum absolute atomic E-state index is 13.1. The molecular formula is C27H35Cl2N3O3S. The zero-order chi connectivity index (χ0) is 26.1. The Hall–Kier alpha value is -2.06. The second-order valence-electron chi connectivity index (χ2n) is 8.82. The van der Waals surface area contributed by atoms with E-state index in [1.54, 1.807) is 25.3 Å². The van der Waals surface area contributed by atoms with E-state index in [-0.39, 0.29) is 5.91 Å². The molecule has 0 saturated carbocycles. The molecule has 196 valence electrons. The van der Waals surface area contributed by atoms with E-state index in [2.05, 4.69) is 23.7 Å². The summed E-state index contributed by atoms with van der Waals surface area (Å²) in [5, 5.41) is 6.99. The molecule has 1 unspecified atom stereocenters. The first-order valence-corrected chi connectivity index (χ1v) is 14.0. The molecule has 6 nitrogen and oxygen atoms in total. The Morgan fingerprint density at radius 3 is 2.61 bits per heavy atom. The van der Waals surface area contributed by atoms with E-state index in [4.69, 9.17) is 37.7 Å². The van der Waals surface area contributed by atoms with Gasteiger partial charge < -0.3 is 19.4 Å². The number of hydrogen-bond acceptors (Lipinski definition) is 5. The van der Waals surface area contributed by atoms with Crippen LogP contribution in [0.5, 0.6) is 5.75 Å². The van der Waals surface area contributed by atoms with Gasteiger partial charge in [-0.15, -0.1) is 11.3 Å². The maximum atomic E-state index is 13.1. The number of nitrogens with zero attached hydrogens (tertiary/aromatic N) is 2. The standard InChI is InChI=1S/C27H35Cl2N3O3S/c1-5-7-8-19(6-2)15-30-27(33)23-14-25(32(18(23)3)9-10-34-4)24-17-36-26(31-24)16-35-22-12-20(28)11-21(29)13-22/h11-14,17,19H,5-10,15-16H2,1-4H3,(H,30,33). The van der Waals surface area contributed by atoms with Gasteiger partial charge in [0.05, 0.1) is 23.6 Å². The number of thiazole rings is 1. The number of halogens is 2. The average Bonchev–Trinajstić information content (AvgIpc) is 3.45. The summed E-state index contributed by atoms with van der Waals surface area (Å²) in [5.41, 5.74) is 3.27. The molecular weight excluding hydrogens is 517 g/mol. The number of rotatable bonds is 14. The summed E-state index contributed by atoms with van der Waals surface area (Å²) in [6, 6.07) is 7.04. The summed E-state index contributed by atoms with van der Waals surface area (Å²) in [6.07, 6.45) is 4.55. The first-order valence-electron chi connectivity index (χ1n) is 12.4. The monoisotopic (exact) mass is 551 g/mol. The van der Waals surface area contributed by atoms with Crippen molar-refractivity contribution in [1.82, 2.24) is 14.9 Å². The molecule has 1 amide bonds. The van der Waals surface area contributed by atoms with Gasteiger partial charge in [0.25, 0.3) is 5.91 Å². The number of aromatic nitrogens is 2. The van der Waals surface area contributed by atoms with Crippen LogP contribution in [0.25, 0.3) is 11.4 Å². The van der Waals surface area contributed by atoms with Crippen molar-refractivity contribution in [3.8, 4) is 17.1 Å². The highest BCUT2D eigenvalue weighted by molar-refractivity contribution is 7.09. The minimum absolute atomic E-state index is 0.0449. The zero-order valence-electron chi connectivity index (χ0n) is 21.4. The van der Waals surface area contributed by atoms with Gasteiger partial charge in [0, 0.05) is 41.3 Å². The summed E-state index contributed by atoms with van der Waals surface area (Å²) in [7, 11) is 1.67. The first kappa shape index (κ1) is 28.5. The third kappa shape index (κ3) is 7.72. The molecule has 0 aliphatic carbocycles. The Morgan fingerprint density at radius 1 is 1.19 bits per heavy atom. The number of benzene rings is 1. The summed E-state index contributed by atoms with van der Waals surface area (Å²) in [4.78, 5) is 17.9. The van der Waals surface area contributed by atoms with Gasteiger partial charge in [-0.1, -0.05) is 56.3 Å². The highest BCUT2D eigenvalue weighted by Crippen LogP contribution is 2.29. The molecule has 3 rings (SSSR count). The molecule has 2 aromatic heterocycles. The van der Waals surface area contributed by atoms with E-state index in [0.29, 0.717) is 53.6 Å². The summed E-state index contributed by atoms with van der Waals surface area (Å²) < 4.78 is 13.3. The normalized spacial score (nSPS) is 12.1. The largest absolute Gasteiger partial charge is 0.486 e. The van der Waals surface area contributed by atoms with Crippen molar-refractivity contribution in [2.24, 2.45) is 5.92 Å². The predicted octanol–water partition coefficient (Wildman–Crippen LogP) is 7.40. The molecule has 0 radical (unpaired) electrons. The van der Waals surface area contributed by atoms with Crippen molar-refractivity contribution < 1.29 is 14.3 Å². The summed E-state index contributed by atoms with van der Waals surface area (Å²) in [5.74, 6) is 1.04. The van der Waals surface area contributed by atoms with Crippen LogP contribution in [0.3, 0.4) is 0 Å². The van der Waals surface area contributed by atoms with Crippen LogP contribution in [0.2, 0.25) is 10.0 Å². The van der Waals surface area contributed by atoms with Gasteiger partial charge in [-0.3, -0.25) is 4.79 Å². The van der Waals surface area contributed by atoms with Gasteiger partial charge in [0.1, 0.15) is 17.4 Å². The van der Waals surface area contributed by atoms with Crippen LogP contribution < -0.4 is 10.1 Å². The number of methoxy groups -OCH3 is 1. The van der Waals surface area contributed by atoms with Crippen molar-refractivity contribution in [1.29, 1.82) is 0 Å². The third-order valence-electron chi connectivity index (χ3n) is 6.24. The number of carbonyl (C=O) groups is 1. The van der Waals surface area contributed by atoms with Gasteiger partial charge in [-0.2, -0.15) is 0 Å². The van der Waals surface area contributed by atoms with Crippen molar-refractivity contribution in [2.75, 3.05) is 20.3 Å². The van der Waals surface area contributed by atoms with Crippen LogP contribution in [-0.4, -0.2) is 35.7 Å². The molecule has 0 saturated heterocycles. The molecule has 2 heterocycles. The number of amides is 1. The zero-order valence-corrected chi connectivity index (χ0v) is 23.7. The van der Waals surface area contributed by atoms with E-state index in [9.17, 15) is 4.79 Å². The molecule has 0 spiro atoms. The van der Waals surface area contributed by atoms with Crippen LogP contribution in [0.4, 0.5) is 0 Å². The van der Waals surface area contributed by atoms with E-state index < -0.39 is 0 Å². The average molecular weight is 553 g/mol. The highest BCUT2D eigenvalue weighted by atomic mass is 35.5. The van der Waals surface area contributed by atoms with Gasteiger partial charge in [0.2, 0.25) is 0 Å². The smallest absolute Gasteiger partial charge is 0.253 e. The predicted molar refractivity (Wildman–Crippen MR) is 149 cm³/mol. The fourth-order valence-electron chi connectivity index (χ4n) is 4.09. The Balaban J connectivity index is 1.77. The number of unbranched alkanes of at least 4 members (excludes halogenated alkanes) is 1. The minimum atomic E-state index is -0.0449. The van der Waals surface area contributed by atoms with E-state index in [1.165, 1.54) is 24.2 Å². The maximum Gasteiger partial charge on any atom is 0.253 e. The van der Waals surface area contributed by atoms with Crippen LogP contribution in [0.1, 0.15) is 60.6 Å². The minimum Gasteiger partial charge on any atom is -0.486 e. The Bertz CT molecular complexity index is 1130. The van der Waals surface area contributed by atoms with Crippen LogP contribution in [0, 0.1) is 12.8 Å². The lowest BCUT2D eigenvalue weighted by Gasteiger charge is -2.15. The lowest BCUT2D eigenvalue weighted by molar-refractivity contribution is 0.0945. The molecule has 9 heteroatoms. The van der Waals surface area contributed by atoms with Gasteiger partial charge in [-0.05, 0) is 43.5 Å². The van der Waals surface area contributed by atoms with Gasteiger partial charge in [-0.25, -0.2) is 4.98 Å². The second-order valence-corrected chi connectivity index (χ2v) is 10.6. The summed E-state index contributed by atoms with van der Waals surface area (Å²) >= 11 is 13.6. The first-order chi connectivity index (χ1) is 17.4. The molecule has 36 heavy (non-hydrogen) atoms. The summed E-state index contributed by atoms with van der Waals surface area (Å²) in [6.45, 7) is 8.50. The fourth-order valence-corrected chi connectivity index (χ4v) is 5.29. The van der Waals surface area contributed by atoms with Crippen molar-refractivity contribution >= 4 is 40.4 Å². The van der Waals surface area contributed by atoms with Crippen LogP contribution in [0.15, 0.2) is 29.6 Å². The molecule has 1 aromatic carbocycles. The van der Waals surface area contributed by atoms with Crippen LogP contribution >= 0.6 is 34.5 Å². The number of carbonyl (C=O) groups excluding carboxylic acids is 1. The lowest BCUT2D eigenvalue weighted by atomic mass is 9.99. The Labute approximate surface area is 227 Å². The highest BCUT2D eigenvalue weighted by Gasteiger charge is 2.21. The third-order valence-corrected chi connectivity index (χ3v) is 7.50. The van der Waals surface area contributed by atoms with Crippen molar-refractivity contribution in [3.63, 3.8) is 0 Å².